The molecule has 0 aliphatic rings. The van der Waals surface area contributed by atoms with Crippen LogP contribution in [0, 0.1) is 0 Å². The van der Waals surface area contributed by atoms with Crippen molar-refractivity contribution >= 4 is 21.4 Å². The van der Waals surface area contributed by atoms with Crippen molar-refractivity contribution in [1.82, 2.24) is 9.38 Å². The minimum absolute atomic E-state index is 0.168. The van der Waals surface area contributed by atoms with E-state index < -0.39 is 0 Å². The zero-order valence-corrected chi connectivity index (χ0v) is 9.53. The zero-order chi connectivity index (χ0) is 10.1. The molecule has 1 atom stereocenters. The highest BCUT2D eigenvalue weighted by molar-refractivity contribution is 9.10. The number of hydrogen-bond donors (Lipinski definition) is 1. The fraction of sp³-hybridized carbons (Fsp3) is 0.300. The zero-order valence-electron chi connectivity index (χ0n) is 7.94. The third kappa shape index (κ3) is 1.67. The molecule has 0 spiro atoms. The fourth-order valence-electron chi connectivity index (χ4n) is 1.54. The van der Waals surface area contributed by atoms with Crippen LogP contribution < -0.4 is 5.73 Å². The SMILES string of the molecule is CC(N)Cc1cccc2c(Br)ncn12. The lowest BCUT2D eigenvalue weighted by molar-refractivity contribution is 0.714. The summed E-state index contributed by atoms with van der Waals surface area (Å²) in [5.74, 6) is 0. The minimum Gasteiger partial charge on any atom is -0.328 e. The Kier molecular flexibility index (Phi) is 2.56. The number of rotatable bonds is 2. The molecule has 4 heteroatoms. The van der Waals surface area contributed by atoms with Gasteiger partial charge in [0, 0.05) is 18.2 Å². The normalized spacial score (nSPS) is 13.4. The van der Waals surface area contributed by atoms with E-state index in [0.29, 0.717) is 0 Å². The van der Waals surface area contributed by atoms with Crippen LogP contribution in [0.25, 0.3) is 5.52 Å². The molecular weight excluding hydrogens is 242 g/mol. The van der Waals surface area contributed by atoms with Crippen LogP contribution in [0.5, 0.6) is 0 Å². The lowest BCUT2D eigenvalue weighted by Gasteiger charge is -2.07. The van der Waals surface area contributed by atoms with Gasteiger partial charge >= 0.3 is 0 Å². The molecule has 0 saturated heterocycles. The Labute approximate surface area is 91.1 Å². The van der Waals surface area contributed by atoms with E-state index in [1.807, 2.05) is 25.4 Å². The van der Waals surface area contributed by atoms with E-state index in [0.717, 1.165) is 16.5 Å². The van der Waals surface area contributed by atoms with Gasteiger partial charge in [-0.1, -0.05) is 6.07 Å². The monoisotopic (exact) mass is 253 g/mol. The third-order valence-corrected chi connectivity index (χ3v) is 2.75. The van der Waals surface area contributed by atoms with Gasteiger partial charge in [0.1, 0.15) is 10.9 Å². The van der Waals surface area contributed by atoms with Crippen LogP contribution >= 0.6 is 15.9 Å². The molecule has 2 heterocycles. The first kappa shape index (κ1) is 9.68. The van der Waals surface area contributed by atoms with Crippen molar-refractivity contribution in [3.63, 3.8) is 0 Å². The lowest BCUT2D eigenvalue weighted by atomic mass is 10.2. The molecule has 0 bridgehead atoms. The number of fused-ring (bicyclic) bond motifs is 1. The summed E-state index contributed by atoms with van der Waals surface area (Å²) in [4.78, 5) is 4.20. The standard InChI is InChI=1S/C10H12BrN3/c1-7(12)5-8-3-2-4-9-10(11)13-6-14(8)9/h2-4,6-7H,5,12H2,1H3. The number of aromatic nitrogens is 2. The minimum atomic E-state index is 0.168. The number of nitrogens with zero attached hydrogens (tertiary/aromatic N) is 2. The molecule has 0 aliphatic carbocycles. The summed E-state index contributed by atoms with van der Waals surface area (Å²) < 4.78 is 2.94. The maximum Gasteiger partial charge on any atom is 0.131 e. The van der Waals surface area contributed by atoms with Gasteiger partial charge in [0.2, 0.25) is 0 Å². The molecule has 2 aromatic rings. The fourth-order valence-corrected chi connectivity index (χ4v) is 1.96. The molecule has 0 fully saturated rings. The molecule has 74 valence electrons. The number of pyridine rings is 1. The Morgan fingerprint density at radius 3 is 3.07 bits per heavy atom. The highest BCUT2D eigenvalue weighted by Crippen LogP contribution is 2.17. The number of hydrogen-bond acceptors (Lipinski definition) is 2. The third-order valence-electron chi connectivity index (χ3n) is 2.14. The van der Waals surface area contributed by atoms with Crippen molar-refractivity contribution < 1.29 is 0 Å². The van der Waals surface area contributed by atoms with Crippen molar-refractivity contribution in [2.24, 2.45) is 5.73 Å². The Bertz CT molecular complexity index is 448. The largest absolute Gasteiger partial charge is 0.328 e. The van der Waals surface area contributed by atoms with Gasteiger partial charge in [0.25, 0.3) is 0 Å². The van der Waals surface area contributed by atoms with Crippen molar-refractivity contribution in [1.29, 1.82) is 0 Å². The second-order valence-corrected chi connectivity index (χ2v) is 4.24. The summed E-state index contributed by atoms with van der Waals surface area (Å²) >= 11 is 3.40. The number of halogens is 1. The lowest BCUT2D eigenvalue weighted by Crippen LogP contribution is -2.19. The van der Waals surface area contributed by atoms with Gasteiger partial charge in [-0.15, -0.1) is 0 Å². The summed E-state index contributed by atoms with van der Waals surface area (Å²) in [5, 5.41) is 0. The van der Waals surface area contributed by atoms with E-state index in [2.05, 4.69) is 31.4 Å². The predicted octanol–water partition coefficient (Wildman–Crippen LogP) is 1.99. The second kappa shape index (κ2) is 3.71. The van der Waals surface area contributed by atoms with Gasteiger partial charge < -0.3 is 10.1 Å². The average Bonchev–Trinajstić information content (AvgIpc) is 2.49. The molecule has 14 heavy (non-hydrogen) atoms. The van der Waals surface area contributed by atoms with Crippen molar-refractivity contribution in [2.75, 3.05) is 0 Å². The number of nitrogens with two attached hydrogens (primary N) is 1. The van der Waals surface area contributed by atoms with Crippen molar-refractivity contribution in [3.8, 4) is 0 Å². The summed E-state index contributed by atoms with van der Waals surface area (Å²) in [6.07, 6.45) is 2.68. The summed E-state index contributed by atoms with van der Waals surface area (Å²) in [7, 11) is 0. The van der Waals surface area contributed by atoms with Crippen molar-refractivity contribution in [3.05, 3.63) is 34.8 Å². The molecule has 0 saturated carbocycles. The van der Waals surface area contributed by atoms with E-state index in [4.69, 9.17) is 5.73 Å². The van der Waals surface area contributed by atoms with Gasteiger partial charge in [0.15, 0.2) is 0 Å². The van der Waals surface area contributed by atoms with Gasteiger partial charge in [-0.25, -0.2) is 4.98 Å². The van der Waals surface area contributed by atoms with E-state index in [-0.39, 0.29) is 6.04 Å². The molecule has 0 radical (unpaired) electrons. The highest BCUT2D eigenvalue weighted by atomic mass is 79.9. The smallest absolute Gasteiger partial charge is 0.131 e. The van der Waals surface area contributed by atoms with Gasteiger partial charge in [-0.05, 0) is 35.0 Å². The number of imidazole rings is 1. The van der Waals surface area contributed by atoms with E-state index >= 15 is 0 Å². The first-order valence-corrected chi connectivity index (χ1v) is 5.34. The van der Waals surface area contributed by atoms with Gasteiger partial charge in [-0.2, -0.15) is 0 Å². The van der Waals surface area contributed by atoms with Crippen LogP contribution in [0.3, 0.4) is 0 Å². The topological polar surface area (TPSA) is 43.3 Å². The summed E-state index contributed by atoms with van der Waals surface area (Å²) in [6, 6.07) is 6.30. The van der Waals surface area contributed by atoms with Crippen LogP contribution in [0.4, 0.5) is 0 Å². The predicted molar refractivity (Wildman–Crippen MR) is 60.2 cm³/mol. The first-order valence-electron chi connectivity index (χ1n) is 4.54. The molecule has 3 nitrogen and oxygen atoms in total. The van der Waals surface area contributed by atoms with Gasteiger partial charge in [-0.3, -0.25) is 0 Å². The Balaban J connectivity index is 2.54. The maximum atomic E-state index is 5.78. The van der Waals surface area contributed by atoms with E-state index in [9.17, 15) is 0 Å². The van der Waals surface area contributed by atoms with E-state index in [1.54, 1.807) is 0 Å². The molecule has 1 unspecified atom stereocenters. The maximum absolute atomic E-state index is 5.78. The van der Waals surface area contributed by atoms with Crippen molar-refractivity contribution in [2.45, 2.75) is 19.4 Å². The van der Waals surface area contributed by atoms with Crippen LogP contribution in [0.15, 0.2) is 29.1 Å². The molecule has 0 aromatic carbocycles. The van der Waals surface area contributed by atoms with Crippen LogP contribution in [0.1, 0.15) is 12.6 Å². The molecular formula is C10H12BrN3. The average molecular weight is 254 g/mol. The molecule has 2 aromatic heterocycles. The Hall–Kier alpha value is -0.870. The van der Waals surface area contributed by atoms with Crippen LogP contribution in [0.2, 0.25) is 0 Å². The van der Waals surface area contributed by atoms with Crippen LogP contribution in [-0.4, -0.2) is 15.4 Å². The molecule has 2 N–H and O–H groups in total. The van der Waals surface area contributed by atoms with Crippen LogP contribution in [-0.2, 0) is 6.42 Å². The quantitative estimate of drug-likeness (QED) is 0.890. The molecule has 2 rings (SSSR count). The highest BCUT2D eigenvalue weighted by Gasteiger charge is 2.05. The Morgan fingerprint density at radius 2 is 2.36 bits per heavy atom. The Morgan fingerprint density at radius 1 is 1.57 bits per heavy atom. The first-order chi connectivity index (χ1) is 6.68. The van der Waals surface area contributed by atoms with Gasteiger partial charge in [0.05, 0.1) is 5.52 Å². The molecule has 0 amide bonds. The summed E-state index contributed by atoms with van der Waals surface area (Å²) in [5.41, 5.74) is 8.05. The summed E-state index contributed by atoms with van der Waals surface area (Å²) in [6.45, 7) is 2.00. The molecule has 0 aliphatic heterocycles. The second-order valence-electron chi connectivity index (χ2n) is 3.49. The van der Waals surface area contributed by atoms with E-state index in [1.165, 1.54) is 5.69 Å².